The Kier molecular flexibility index (Phi) is 3.97. The Morgan fingerprint density at radius 1 is 0.882 bits per heavy atom. The van der Waals surface area contributed by atoms with Crippen LogP contribution in [-0.4, -0.2) is 9.93 Å². The second-order valence-corrected chi connectivity index (χ2v) is 5.55. The van der Waals surface area contributed by atoms with Crippen molar-refractivity contribution in [3.8, 4) is 11.1 Å². The van der Waals surface area contributed by atoms with Crippen LogP contribution in [0.1, 0.15) is 18.6 Å². The molecule has 1 nitrogen and oxygen atoms in total. The Morgan fingerprint density at radius 3 is 1.94 bits per heavy atom. The highest BCUT2D eigenvalue weighted by molar-refractivity contribution is 9.09. The van der Waals surface area contributed by atoms with E-state index in [9.17, 15) is 5.11 Å². The van der Waals surface area contributed by atoms with Gasteiger partial charge in [0.2, 0.25) is 0 Å². The molecule has 0 saturated heterocycles. The first-order valence-corrected chi connectivity index (χ1v) is 6.57. The van der Waals surface area contributed by atoms with Gasteiger partial charge in [0.25, 0.3) is 0 Å². The fraction of sp³-hybridized carbons (Fsp3) is 0.200. The highest BCUT2D eigenvalue weighted by Crippen LogP contribution is 2.25. The van der Waals surface area contributed by atoms with Gasteiger partial charge in [0.05, 0.1) is 6.10 Å². The van der Waals surface area contributed by atoms with Crippen LogP contribution < -0.4 is 0 Å². The van der Waals surface area contributed by atoms with Crippen LogP contribution in [0.4, 0.5) is 0 Å². The lowest BCUT2D eigenvalue weighted by atomic mass is 10.0. The van der Waals surface area contributed by atoms with Crippen molar-refractivity contribution in [2.75, 3.05) is 0 Å². The number of alkyl halides is 1. The summed E-state index contributed by atoms with van der Waals surface area (Å²) >= 11 is 3.39. The number of benzene rings is 2. The number of halogens is 1. The zero-order valence-electron chi connectivity index (χ0n) is 9.68. The fourth-order valence-corrected chi connectivity index (χ4v) is 2.07. The molecule has 88 valence electrons. The van der Waals surface area contributed by atoms with E-state index in [2.05, 4.69) is 28.1 Å². The maximum absolute atomic E-state index is 9.91. The smallest absolute Gasteiger partial charge is 0.0912 e. The average Bonchev–Trinajstić information content (AvgIpc) is 2.39. The third-order valence-corrected chi connectivity index (χ3v) is 3.30. The van der Waals surface area contributed by atoms with Gasteiger partial charge in [0.15, 0.2) is 0 Å². The molecule has 0 amide bonds. The van der Waals surface area contributed by atoms with Crippen molar-refractivity contribution in [2.45, 2.75) is 17.9 Å². The molecule has 0 fully saturated rings. The second-order valence-electron chi connectivity index (χ2n) is 4.11. The first-order valence-electron chi connectivity index (χ1n) is 5.66. The molecule has 0 spiro atoms. The number of aliphatic hydroxyl groups is 1. The SMILES string of the molecule is CC(Br)C(O)c1ccc(-c2ccccc2)cc1. The molecule has 0 aliphatic carbocycles. The zero-order valence-corrected chi connectivity index (χ0v) is 11.3. The first-order chi connectivity index (χ1) is 8.18. The molecule has 0 radical (unpaired) electrons. The van der Waals surface area contributed by atoms with Crippen molar-refractivity contribution >= 4 is 15.9 Å². The van der Waals surface area contributed by atoms with Crippen molar-refractivity contribution in [1.82, 2.24) is 0 Å². The largest absolute Gasteiger partial charge is 0.387 e. The van der Waals surface area contributed by atoms with E-state index in [0.29, 0.717) is 0 Å². The summed E-state index contributed by atoms with van der Waals surface area (Å²) in [6, 6.07) is 18.3. The van der Waals surface area contributed by atoms with Gasteiger partial charge in [0.1, 0.15) is 0 Å². The minimum absolute atomic E-state index is 0.0603. The Morgan fingerprint density at radius 2 is 1.41 bits per heavy atom. The quantitative estimate of drug-likeness (QED) is 0.841. The van der Waals surface area contributed by atoms with Crippen LogP contribution in [0.5, 0.6) is 0 Å². The van der Waals surface area contributed by atoms with Crippen molar-refractivity contribution in [2.24, 2.45) is 0 Å². The number of hydrogen-bond donors (Lipinski definition) is 1. The molecule has 1 N–H and O–H groups in total. The van der Waals surface area contributed by atoms with Crippen molar-refractivity contribution < 1.29 is 5.11 Å². The molecular weight excluding hydrogens is 276 g/mol. The van der Waals surface area contributed by atoms with Crippen LogP contribution >= 0.6 is 15.9 Å². The third-order valence-electron chi connectivity index (χ3n) is 2.79. The molecule has 0 saturated carbocycles. The fourth-order valence-electron chi connectivity index (χ4n) is 1.77. The van der Waals surface area contributed by atoms with Crippen LogP contribution in [0.2, 0.25) is 0 Å². The topological polar surface area (TPSA) is 20.2 Å². The normalized spacial score (nSPS) is 14.3. The van der Waals surface area contributed by atoms with E-state index in [4.69, 9.17) is 0 Å². The Hall–Kier alpha value is -1.12. The van der Waals surface area contributed by atoms with E-state index < -0.39 is 6.10 Å². The Labute approximate surface area is 110 Å². The molecule has 2 heteroatoms. The van der Waals surface area contributed by atoms with Crippen LogP contribution in [0.25, 0.3) is 11.1 Å². The van der Waals surface area contributed by atoms with E-state index in [1.54, 1.807) is 0 Å². The molecule has 0 aromatic heterocycles. The lowest BCUT2D eigenvalue weighted by molar-refractivity contribution is 0.181. The molecule has 0 heterocycles. The summed E-state index contributed by atoms with van der Waals surface area (Å²) in [5, 5.41) is 9.91. The maximum atomic E-state index is 9.91. The molecule has 0 aliphatic heterocycles. The molecule has 2 unspecified atom stereocenters. The van der Waals surface area contributed by atoms with Gasteiger partial charge in [-0.05, 0) is 23.6 Å². The molecule has 2 aromatic carbocycles. The van der Waals surface area contributed by atoms with Crippen LogP contribution in [0.3, 0.4) is 0 Å². The molecule has 2 aromatic rings. The van der Waals surface area contributed by atoms with Crippen LogP contribution in [0, 0.1) is 0 Å². The highest BCUT2D eigenvalue weighted by Gasteiger charge is 2.12. The maximum Gasteiger partial charge on any atom is 0.0912 e. The van der Waals surface area contributed by atoms with Gasteiger partial charge < -0.3 is 5.11 Å². The van der Waals surface area contributed by atoms with Crippen LogP contribution in [-0.2, 0) is 0 Å². The molecular formula is C15H15BrO. The van der Waals surface area contributed by atoms with Gasteiger partial charge in [-0.3, -0.25) is 0 Å². The Bertz CT molecular complexity index is 462. The number of hydrogen-bond acceptors (Lipinski definition) is 1. The minimum atomic E-state index is -0.458. The van der Waals surface area contributed by atoms with Gasteiger partial charge in [-0.15, -0.1) is 0 Å². The lowest BCUT2D eigenvalue weighted by Gasteiger charge is -2.13. The standard InChI is InChI=1S/C15H15BrO/c1-11(16)15(17)14-9-7-13(8-10-14)12-5-3-2-4-6-12/h2-11,15,17H,1H3. The third kappa shape index (κ3) is 2.96. The molecule has 2 rings (SSSR count). The summed E-state index contributed by atoms with van der Waals surface area (Å²) in [6.45, 7) is 1.94. The monoisotopic (exact) mass is 290 g/mol. The second kappa shape index (κ2) is 5.48. The van der Waals surface area contributed by atoms with Gasteiger partial charge in [-0.25, -0.2) is 0 Å². The van der Waals surface area contributed by atoms with E-state index in [-0.39, 0.29) is 4.83 Å². The van der Waals surface area contributed by atoms with E-state index >= 15 is 0 Å². The molecule has 0 bridgehead atoms. The van der Waals surface area contributed by atoms with Gasteiger partial charge in [-0.2, -0.15) is 0 Å². The summed E-state index contributed by atoms with van der Waals surface area (Å²) < 4.78 is 0. The summed E-state index contributed by atoms with van der Waals surface area (Å²) in [5.41, 5.74) is 3.30. The molecule has 2 atom stereocenters. The first kappa shape index (κ1) is 12.3. The minimum Gasteiger partial charge on any atom is -0.387 e. The summed E-state index contributed by atoms with van der Waals surface area (Å²) in [7, 11) is 0. The summed E-state index contributed by atoms with van der Waals surface area (Å²) in [6.07, 6.45) is -0.458. The predicted octanol–water partition coefficient (Wildman–Crippen LogP) is 4.17. The van der Waals surface area contributed by atoms with E-state index in [1.165, 1.54) is 11.1 Å². The van der Waals surface area contributed by atoms with Crippen molar-refractivity contribution in [1.29, 1.82) is 0 Å². The number of rotatable bonds is 3. The molecule has 0 aliphatic rings. The summed E-state index contributed by atoms with van der Waals surface area (Å²) in [5.74, 6) is 0. The average molecular weight is 291 g/mol. The lowest BCUT2D eigenvalue weighted by Crippen LogP contribution is -2.07. The van der Waals surface area contributed by atoms with E-state index in [1.807, 2.05) is 49.4 Å². The molecule has 17 heavy (non-hydrogen) atoms. The van der Waals surface area contributed by atoms with Gasteiger partial charge >= 0.3 is 0 Å². The van der Waals surface area contributed by atoms with Gasteiger partial charge in [0, 0.05) is 4.83 Å². The van der Waals surface area contributed by atoms with Crippen LogP contribution in [0.15, 0.2) is 54.6 Å². The van der Waals surface area contributed by atoms with E-state index in [0.717, 1.165) is 5.56 Å². The predicted molar refractivity (Wildman–Crippen MR) is 75.2 cm³/mol. The Balaban J connectivity index is 2.25. The number of aliphatic hydroxyl groups excluding tert-OH is 1. The van der Waals surface area contributed by atoms with Crippen molar-refractivity contribution in [3.05, 3.63) is 60.2 Å². The highest BCUT2D eigenvalue weighted by atomic mass is 79.9. The van der Waals surface area contributed by atoms with Gasteiger partial charge in [-0.1, -0.05) is 70.5 Å². The zero-order chi connectivity index (χ0) is 12.3. The van der Waals surface area contributed by atoms with Crippen molar-refractivity contribution in [3.63, 3.8) is 0 Å². The summed E-state index contributed by atoms with van der Waals surface area (Å²) in [4.78, 5) is 0.0603.